The number of nitrogen functional groups attached to an aromatic ring is 1. The summed E-state index contributed by atoms with van der Waals surface area (Å²) in [7, 11) is 4.71. The second-order valence-corrected chi connectivity index (χ2v) is 5.98. The molecular formula is C16H19N5O5. The lowest BCUT2D eigenvalue weighted by molar-refractivity contribution is -0.116. The molecule has 0 bridgehead atoms. The fourth-order valence-electron chi connectivity index (χ4n) is 2.65. The third kappa shape index (κ3) is 2.96. The van der Waals surface area contributed by atoms with Crippen LogP contribution in [-0.4, -0.2) is 35.9 Å². The van der Waals surface area contributed by atoms with Crippen molar-refractivity contribution in [1.82, 2.24) is 9.13 Å². The monoisotopic (exact) mass is 361 g/mol. The van der Waals surface area contributed by atoms with Crippen molar-refractivity contribution in [2.75, 3.05) is 36.8 Å². The molecule has 0 fully saturated rings. The van der Waals surface area contributed by atoms with Crippen molar-refractivity contribution in [3.05, 3.63) is 39.0 Å². The summed E-state index contributed by atoms with van der Waals surface area (Å²) in [5, 5.41) is 2.63. The molecule has 26 heavy (non-hydrogen) atoms. The molecule has 0 radical (unpaired) electrons. The summed E-state index contributed by atoms with van der Waals surface area (Å²) < 4.78 is 12.4. The van der Waals surface area contributed by atoms with Gasteiger partial charge in [-0.2, -0.15) is 0 Å². The molecule has 1 aromatic carbocycles. The highest BCUT2D eigenvalue weighted by Crippen LogP contribution is 2.34. The molecule has 1 aromatic heterocycles. The maximum Gasteiger partial charge on any atom is 0.332 e. The number of nitrogens with zero attached hydrogens (tertiary/aromatic N) is 3. The van der Waals surface area contributed by atoms with E-state index in [2.05, 4.69) is 5.32 Å². The van der Waals surface area contributed by atoms with Crippen LogP contribution in [0.15, 0.2) is 27.8 Å². The van der Waals surface area contributed by atoms with Gasteiger partial charge in [-0.1, -0.05) is 0 Å². The Hall–Kier alpha value is -3.43. The Balaban J connectivity index is 1.88. The quantitative estimate of drug-likeness (QED) is 0.757. The van der Waals surface area contributed by atoms with Crippen molar-refractivity contribution >= 4 is 23.1 Å². The first-order valence-corrected chi connectivity index (χ1v) is 7.75. The van der Waals surface area contributed by atoms with E-state index in [9.17, 15) is 14.4 Å². The van der Waals surface area contributed by atoms with Crippen molar-refractivity contribution in [1.29, 1.82) is 0 Å². The molecule has 0 spiro atoms. The molecular weight excluding hydrogens is 342 g/mol. The number of nitrogens with two attached hydrogens (primary N) is 1. The number of carbonyl (C=O) groups excluding carboxylic acids is 1. The summed E-state index contributed by atoms with van der Waals surface area (Å²) in [6, 6.07) is 4.91. The smallest absolute Gasteiger partial charge is 0.332 e. The van der Waals surface area contributed by atoms with Crippen LogP contribution >= 0.6 is 0 Å². The first kappa shape index (κ1) is 17.4. The number of anilines is 3. The van der Waals surface area contributed by atoms with Gasteiger partial charge < -0.3 is 25.4 Å². The molecule has 1 amide bonds. The van der Waals surface area contributed by atoms with E-state index in [1.54, 1.807) is 32.3 Å². The van der Waals surface area contributed by atoms with Gasteiger partial charge in [-0.25, -0.2) is 9.36 Å². The van der Waals surface area contributed by atoms with Gasteiger partial charge in [0.05, 0.1) is 0 Å². The highest BCUT2D eigenvalue weighted by molar-refractivity contribution is 5.91. The Kier molecular flexibility index (Phi) is 4.33. The molecule has 0 saturated heterocycles. The highest BCUT2D eigenvalue weighted by atomic mass is 16.7. The zero-order chi connectivity index (χ0) is 19.0. The molecule has 0 saturated carbocycles. The van der Waals surface area contributed by atoms with Gasteiger partial charge in [0, 0.05) is 32.9 Å². The summed E-state index contributed by atoms with van der Waals surface area (Å²) in [4.78, 5) is 38.7. The molecule has 0 aliphatic carbocycles. The third-order valence-electron chi connectivity index (χ3n) is 3.97. The molecule has 1 aliphatic rings. The van der Waals surface area contributed by atoms with Crippen molar-refractivity contribution in [3.63, 3.8) is 0 Å². The number of hydrogen-bond acceptors (Lipinski definition) is 7. The summed E-state index contributed by atoms with van der Waals surface area (Å²) >= 11 is 0. The van der Waals surface area contributed by atoms with Crippen LogP contribution in [0.1, 0.15) is 0 Å². The number of benzene rings is 1. The Labute approximate surface area is 148 Å². The average Bonchev–Trinajstić information content (AvgIpc) is 3.04. The van der Waals surface area contributed by atoms with E-state index in [1.165, 1.54) is 11.9 Å². The molecule has 3 rings (SSSR count). The molecule has 2 heterocycles. The first-order valence-electron chi connectivity index (χ1n) is 7.75. The van der Waals surface area contributed by atoms with Crippen molar-refractivity contribution in [3.8, 4) is 11.5 Å². The minimum Gasteiger partial charge on any atom is -0.454 e. The zero-order valence-corrected chi connectivity index (χ0v) is 14.6. The molecule has 10 nitrogen and oxygen atoms in total. The van der Waals surface area contributed by atoms with Gasteiger partial charge in [-0.15, -0.1) is 0 Å². The van der Waals surface area contributed by atoms with Gasteiger partial charge in [-0.05, 0) is 12.1 Å². The van der Waals surface area contributed by atoms with Crippen LogP contribution in [0, 0.1) is 0 Å². The Morgan fingerprint density at radius 1 is 1.27 bits per heavy atom. The highest BCUT2D eigenvalue weighted by Gasteiger charge is 2.19. The van der Waals surface area contributed by atoms with Crippen LogP contribution in [-0.2, 0) is 18.4 Å². The van der Waals surface area contributed by atoms with Crippen LogP contribution in [0.5, 0.6) is 11.5 Å². The minimum atomic E-state index is -0.668. The van der Waals surface area contributed by atoms with E-state index in [4.69, 9.17) is 15.2 Å². The molecule has 10 heteroatoms. The second kappa shape index (κ2) is 6.47. The zero-order valence-electron chi connectivity index (χ0n) is 14.6. The summed E-state index contributed by atoms with van der Waals surface area (Å²) in [5.74, 6) is 0.607. The lowest BCUT2D eigenvalue weighted by Crippen LogP contribution is -2.44. The van der Waals surface area contributed by atoms with E-state index in [-0.39, 0.29) is 18.3 Å². The molecule has 1 aliphatic heterocycles. The van der Waals surface area contributed by atoms with Gasteiger partial charge in [0.25, 0.3) is 5.56 Å². The fraction of sp³-hybridized carbons (Fsp3) is 0.312. The lowest BCUT2D eigenvalue weighted by Gasteiger charge is -2.18. The standard InChI is InChI=1S/C16H19N5O5/c1-19(2)13-14(17)20(3)16(24)21(15(13)23)7-12(22)18-9-4-5-10-11(6-9)26-8-25-10/h4-6H,7-8,17H2,1-3H3,(H,18,22). The van der Waals surface area contributed by atoms with Gasteiger partial charge in [0.2, 0.25) is 12.7 Å². The number of fused-ring (bicyclic) bond motifs is 1. The van der Waals surface area contributed by atoms with Crippen LogP contribution in [0.3, 0.4) is 0 Å². The van der Waals surface area contributed by atoms with E-state index >= 15 is 0 Å². The van der Waals surface area contributed by atoms with Crippen LogP contribution in [0.2, 0.25) is 0 Å². The molecule has 3 N–H and O–H groups in total. The molecule has 0 atom stereocenters. The number of amides is 1. The van der Waals surface area contributed by atoms with Crippen molar-refractivity contribution < 1.29 is 14.3 Å². The number of aromatic nitrogens is 2. The largest absolute Gasteiger partial charge is 0.454 e. The third-order valence-corrected chi connectivity index (χ3v) is 3.97. The normalized spacial score (nSPS) is 12.1. The number of ether oxygens (including phenoxy) is 2. The minimum absolute atomic E-state index is 0.0393. The summed E-state index contributed by atoms with van der Waals surface area (Å²) in [6.45, 7) is -0.321. The molecule has 138 valence electrons. The second-order valence-electron chi connectivity index (χ2n) is 5.98. The number of carbonyl (C=O) groups is 1. The summed E-state index contributed by atoms with van der Waals surface area (Å²) in [5.41, 5.74) is 5.15. The number of hydrogen-bond donors (Lipinski definition) is 2. The Morgan fingerprint density at radius 3 is 2.65 bits per heavy atom. The van der Waals surface area contributed by atoms with Crippen LogP contribution in [0.25, 0.3) is 0 Å². The number of rotatable bonds is 4. The van der Waals surface area contributed by atoms with Crippen LogP contribution < -0.4 is 36.7 Å². The SMILES string of the molecule is CN(C)c1c(N)n(C)c(=O)n(CC(=O)Nc2ccc3c(c2)OCO3)c1=O. The predicted molar refractivity (Wildman–Crippen MR) is 95.9 cm³/mol. The maximum absolute atomic E-state index is 12.6. The lowest BCUT2D eigenvalue weighted by atomic mass is 10.2. The average molecular weight is 361 g/mol. The van der Waals surface area contributed by atoms with E-state index in [1.807, 2.05) is 0 Å². The van der Waals surface area contributed by atoms with Gasteiger partial charge in [0.1, 0.15) is 18.1 Å². The maximum atomic E-state index is 12.6. The Morgan fingerprint density at radius 2 is 1.96 bits per heavy atom. The summed E-state index contributed by atoms with van der Waals surface area (Å²) in [6.07, 6.45) is 0. The van der Waals surface area contributed by atoms with E-state index in [0.29, 0.717) is 17.2 Å². The number of nitrogens with one attached hydrogen (secondary N) is 1. The van der Waals surface area contributed by atoms with Crippen LogP contribution in [0.4, 0.5) is 17.2 Å². The van der Waals surface area contributed by atoms with Gasteiger partial charge in [-0.3, -0.25) is 14.2 Å². The predicted octanol–water partition coefficient (Wildman–Crippen LogP) is -0.437. The van der Waals surface area contributed by atoms with E-state index < -0.39 is 23.7 Å². The molecule has 0 unspecified atom stereocenters. The molecule has 2 aromatic rings. The Bertz CT molecular complexity index is 992. The van der Waals surface area contributed by atoms with Crippen molar-refractivity contribution in [2.45, 2.75) is 6.54 Å². The van der Waals surface area contributed by atoms with Crippen molar-refractivity contribution in [2.24, 2.45) is 7.05 Å². The topological polar surface area (TPSA) is 121 Å². The fourth-order valence-corrected chi connectivity index (χ4v) is 2.65. The first-order chi connectivity index (χ1) is 12.3. The van der Waals surface area contributed by atoms with Gasteiger partial charge in [0.15, 0.2) is 11.5 Å². The van der Waals surface area contributed by atoms with E-state index in [0.717, 1.165) is 9.13 Å². The van der Waals surface area contributed by atoms with Gasteiger partial charge >= 0.3 is 5.69 Å².